The Morgan fingerprint density at radius 2 is 2.45 bits per heavy atom. The van der Waals surface area contributed by atoms with E-state index in [0.29, 0.717) is 5.03 Å². The first-order valence-electron chi connectivity index (χ1n) is 2.63. The van der Waals surface area contributed by atoms with Gasteiger partial charge in [-0.3, -0.25) is 10.1 Å². The third-order valence-electron chi connectivity index (χ3n) is 1.01. The van der Waals surface area contributed by atoms with Crippen LogP contribution < -0.4 is 0 Å². The van der Waals surface area contributed by atoms with Gasteiger partial charge in [-0.2, -0.15) is 0 Å². The van der Waals surface area contributed by atoms with Crippen LogP contribution in [0.1, 0.15) is 0 Å². The van der Waals surface area contributed by atoms with Gasteiger partial charge in [0.1, 0.15) is 5.03 Å². The lowest BCUT2D eigenvalue weighted by atomic mass is 10.4. The maximum Gasteiger partial charge on any atom is 0.273 e. The van der Waals surface area contributed by atoms with Crippen LogP contribution in [-0.2, 0) is 0 Å². The van der Waals surface area contributed by atoms with Gasteiger partial charge in [0.15, 0.2) is 0 Å². The lowest BCUT2D eigenvalue weighted by Crippen LogP contribution is -1.88. The van der Waals surface area contributed by atoms with Crippen LogP contribution in [0.3, 0.4) is 0 Å². The van der Waals surface area contributed by atoms with E-state index in [0.717, 1.165) is 11.0 Å². The molecule has 0 aromatic carbocycles. The van der Waals surface area contributed by atoms with Crippen molar-refractivity contribution in [1.29, 1.82) is 0 Å². The van der Waals surface area contributed by atoms with Gasteiger partial charge in [0.2, 0.25) is 0 Å². The van der Waals surface area contributed by atoms with E-state index in [-0.39, 0.29) is 5.69 Å². The van der Waals surface area contributed by atoms with Crippen molar-refractivity contribution in [2.45, 2.75) is 5.03 Å². The van der Waals surface area contributed by atoms with Crippen LogP contribution in [-0.4, -0.2) is 9.91 Å². The van der Waals surface area contributed by atoms with E-state index < -0.39 is 4.92 Å². The highest BCUT2D eigenvalue weighted by atomic mass is 35.7. The molecule has 0 spiro atoms. The van der Waals surface area contributed by atoms with Crippen LogP contribution in [0.4, 0.5) is 5.69 Å². The molecule has 0 saturated heterocycles. The van der Waals surface area contributed by atoms with E-state index in [9.17, 15) is 10.1 Å². The molecule has 0 radical (unpaired) electrons. The average Bonchev–Trinajstić information content (AvgIpc) is 2.05. The molecule has 1 rings (SSSR count). The number of nitro groups is 1. The quantitative estimate of drug-likeness (QED) is 0.530. The molecule has 11 heavy (non-hydrogen) atoms. The van der Waals surface area contributed by atoms with Crippen LogP contribution in [0, 0.1) is 10.1 Å². The van der Waals surface area contributed by atoms with Crippen LogP contribution in [0.2, 0.25) is 0 Å². The topological polar surface area (TPSA) is 56.0 Å². The minimum atomic E-state index is -0.488. The van der Waals surface area contributed by atoms with Crippen molar-refractivity contribution in [2.24, 2.45) is 0 Å². The summed E-state index contributed by atoms with van der Waals surface area (Å²) in [7, 11) is 6.19. The van der Waals surface area contributed by atoms with E-state index in [1.165, 1.54) is 18.3 Å². The summed E-state index contributed by atoms with van der Waals surface area (Å²) in [5.74, 6) is 0. The third-order valence-corrected chi connectivity index (χ3v) is 1.86. The van der Waals surface area contributed by atoms with E-state index in [1.807, 2.05) is 0 Å². The Balaban J connectivity index is 3.01. The van der Waals surface area contributed by atoms with Crippen molar-refractivity contribution in [2.75, 3.05) is 0 Å². The average molecular weight is 191 g/mol. The van der Waals surface area contributed by atoms with Crippen LogP contribution >= 0.6 is 21.7 Å². The molecule has 0 N–H and O–H groups in total. The van der Waals surface area contributed by atoms with Crippen LogP contribution in [0.5, 0.6) is 0 Å². The van der Waals surface area contributed by atoms with Crippen molar-refractivity contribution < 1.29 is 4.92 Å². The second-order valence-electron chi connectivity index (χ2n) is 1.69. The maximum atomic E-state index is 10.2. The number of pyridine rings is 1. The molecule has 0 atom stereocenters. The highest BCUT2D eigenvalue weighted by molar-refractivity contribution is 8.21. The molecular weight excluding hydrogens is 188 g/mol. The number of hydrogen-bond donors (Lipinski definition) is 0. The molecule has 1 aromatic heterocycles. The fourth-order valence-corrected chi connectivity index (χ4v) is 1.07. The molecule has 1 aromatic rings. The van der Waals surface area contributed by atoms with Crippen molar-refractivity contribution in [3.8, 4) is 0 Å². The van der Waals surface area contributed by atoms with E-state index >= 15 is 0 Å². The number of rotatable bonds is 2. The Morgan fingerprint density at radius 1 is 1.73 bits per heavy atom. The standard InChI is InChI=1S/C5H3ClN2O2S/c6-11-5-3-4(8(9)10)1-2-7-5/h1-3H. The Morgan fingerprint density at radius 3 is 3.00 bits per heavy atom. The normalized spacial score (nSPS) is 9.55. The van der Waals surface area contributed by atoms with Gasteiger partial charge in [-0.05, 0) is 10.7 Å². The zero-order chi connectivity index (χ0) is 8.27. The van der Waals surface area contributed by atoms with Gasteiger partial charge in [0, 0.05) is 29.3 Å². The smallest absolute Gasteiger partial charge is 0.258 e. The van der Waals surface area contributed by atoms with Gasteiger partial charge in [-0.1, -0.05) is 0 Å². The monoisotopic (exact) mass is 190 g/mol. The van der Waals surface area contributed by atoms with Gasteiger partial charge in [0.25, 0.3) is 5.69 Å². The van der Waals surface area contributed by atoms with Gasteiger partial charge in [0.05, 0.1) is 4.92 Å². The minimum Gasteiger partial charge on any atom is -0.258 e. The predicted octanol–water partition coefficient (Wildman–Crippen LogP) is 2.24. The first-order chi connectivity index (χ1) is 5.24. The Kier molecular flexibility index (Phi) is 2.67. The zero-order valence-corrected chi connectivity index (χ0v) is 6.80. The fourth-order valence-electron chi connectivity index (χ4n) is 0.555. The summed E-state index contributed by atoms with van der Waals surface area (Å²) in [5, 5.41) is 10.6. The largest absolute Gasteiger partial charge is 0.273 e. The van der Waals surface area contributed by atoms with E-state index in [2.05, 4.69) is 4.98 Å². The van der Waals surface area contributed by atoms with Crippen molar-refractivity contribution in [1.82, 2.24) is 4.98 Å². The summed E-state index contributed by atoms with van der Waals surface area (Å²) in [6.07, 6.45) is 1.35. The first-order valence-corrected chi connectivity index (χ1v) is 4.27. The molecule has 6 heteroatoms. The Bertz CT molecular complexity index is 281. The molecule has 0 unspecified atom stereocenters. The molecule has 0 saturated carbocycles. The second kappa shape index (κ2) is 3.54. The minimum absolute atomic E-state index is 0.00292. The van der Waals surface area contributed by atoms with Crippen molar-refractivity contribution in [3.05, 3.63) is 28.4 Å². The molecule has 0 fully saturated rings. The molecular formula is C5H3ClN2O2S. The second-order valence-corrected chi connectivity index (χ2v) is 2.72. The van der Waals surface area contributed by atoms with Gasteiger partial charge < -0.3 is 0 Å². The Hall–Kier alpha value is -0.810. The SMILES string of the molecule is O=[N+]([O-])c1ccnc(SCl)c1. The predicted molar refractivity (Wildman–Crippen MR) is 42.6 cm³/mol. The maximum absolute atomic E-state index is 10.2. The highest BCUT2D eigenvalue weighted by Gasteiger charge is 2.05. The summed E-state index contributed by atoms with van der Waals surface area (Å²) in [5.41, 5.74) is 0.00292. The number of halogens is 1. The van der Waals surface area contributed by atoms with Gasteiger partial charge in [-0.15, -0.1) is 0 Å². The summed E-state index contributed by atoms with van der Waals surface area (Å²) in [6, 6.07) is 2.63. The van der Waals surface area contributed by atoms with Crippen molar-refractivity contribution >= 4 is 27.3 Å². The third kappa shape index (κ3) is 2.06. The molecule has 0 amide bonds. The van der Waals surface area contributed by atoms with Crippen molar-refractivity contribution in [3.63, 3.8) is 0 Å². The molecule has 1 heterocycles. The lowest BCUT2D eigenvalue weighted by Gasteiger charge is -1.91. The van der Waals surface area contributed by atoms with Crippen LogP contribution in [0.15, 0.2) is 23.4 Å². The van der Waals surface area contributed by atoms with Gasteiger partial charge >= 0.3 is 0 Å². The first kappa shape index (κ1) is 8.29. The summed E-state index contributed by atoms with van der Waals surface area (Å²) >= 11 is 0. The van der Waals surface area contributed by atoms with E-state index in [4.69, 9.17) is 10.7 Å². The Labute approximate surface area is 71.2 Å². The molecule has 0 bridgehead atoms. The lowest BCUT2D eigenvalue weighted by molar-refractivity contribution is -0.385. The fraction of sp³-hybridized carbons (Fsp3) is 0. The summed E-state index contributed by atoms with van der Waals surface area (Å²) in [6.45, 7) is 0. The van der Waals surface area contributed by atoms with Gasteiger partial charge in [-0.25, -0.2) is 4.98 Å². The van der Waals surface area contributed by atoms with E-state index in [1.54, 1.807) is 0 Å². The molecule has 0 aliphatic carbocycles. The number of nitrogens with zero attached hydrogens (tertiary/aromatic N) is 2. The summed E-state index contributed by atoms with van der Waals surface area (Å²) in [4.78, 5) is 13.5. The molecule has 0 aliphatic heterocycles. The zero-order valence-electron chi connectivity index (χ0n) is 5.23. The van der Waals surface area contributed by atoms with Crippen LogP contribution in [0.25, 0.3) is 0 Å². The summed E-state index contributed by atoms with van der Waals surface area (Å²) < 4.78 is 0. The number of aromatic nitrogens is 1. The highest BCUT2D eigenvalue weighted by Crippen LogP contribution is 2.22. The molecule has 58 valence electrons. The number of hydrogen-bond acceptors (Lipinski definition) is 4. The molecule has 0 aliphatic rings. The molecule has 4 nitrogen and oxygen atoms in total.